The molecule has 0 N–H and O–H groups in total. The maximum atomic E-state index is 3.51. The summed E-state index contributed by atoms with van der Waals surface area (Å²) in [6.07, 6.45) is 24.3. The van der Waals surface area contributed by atoms with Crippen molar-refractivity contribution in [1.82, 2.24) is 4.90 Å². The van der Waals surface area contributed by atoms with Crippen LogP contribution in [0.25, 0.3) is 0 Å². The molecule has 3 heteroatoms. The predicted molar refractivity (Wildman–Crippen MR) is 126 cm³/mol. The van der Waals surface area contributed by atoms with Gasteiger partial charge in [0.15, 0.2) is 0 Å². The van der Waals surface area contributed by atoms with Crippen LogP contribution in [0.3, 0.4) is 0 Å². The topological polar surface area (TPSA) is 3.24 Å². The van der Waals surface area contributed by atoms with Crippen molar-refractivity contribution in [3.8, 4) is 0 Å². The highest BCUT2D eigenvalue weighted by atomic mass is 79.9. The van der Waals surface area contributed by atoms with Gasteiger partial charge in [-0.3, -0.25) is 0 Å². The van der Waals surface area contributed by atoms with Crippen molar-refractivity contribution >= 4 is 32.9 Å². The molecule has 154 valence electrons. The molecule has 0 saturated carbocycles. The van der Waals surface area contributed by atoms with E-state index in [-0.39, 0.29) is 17.0 Å². The Morgan fingerprint density at radius 2 is 0.960 bits per heavy atom. The van der Waals surface area contributed by atoms with Gasteiger partial charge < -0.3 is 4.90 Å². The molecule has 25 heavy (non-hydrogen) atoms. The average Bonchev–Trinajstić information content (AvgIpc) is 2.57. The van der Waals surface area contributed by atoms with Crippen LogP contribution in [0.4, 0.5) is 0 Å². The van der Waals surface area contributed by atoms with E-state index in [4.69, 9.17) is 0 Å². The second-order valence-electron chi connectivity index (χ2n) is 7.83. The van der Waals surface area contributed by atoms with Gasteiger partial charge in [-0.25, -0.2) is 0 Å². The van der Waals surface area contributed by atoms with E-state index < -0.39 is 0 Å². The molecule has 0 amide bonds. The fraction of sp³-hybridized carbons (Fsp3) is 1.00. The quantitative estimate of drug-likeness (QED) is 0.131. The van der Waals surface area contributed by atoms with Gasteiger partial charge in [-0.05, 0) is 33.4 Å². The van der Waals surface area contributed by atoms with Gasteiger partial charge in [0.25, 0.3) is 0 Å². The van der Waals surface area contributed by atoms with Crippen LogP contribution in [0.15, 0.2) is 0 Å². The minimum Gasteiger partial charge on any atom is -0.306 e. The van der Waals surface area contributed by atoms with Gasteiger partial charge >= 0.3 is 0 Å². The molecule has 0 aromatic rings. The molecule has 0 spiro atoms. The summed E-state index contributed by atoms with van der Waals surface area (Å²) in [4.78, 5) is 2.47. The number of unbranched alkanes of at least 4 members (excludes halogenated alkanes) is 13. The minimum atomic E-state index is 0. The minimum absolute atomic E-state index is 0. The highest BCUT2D eigenvalue weighted by Gasteiger charge is 2.10. The molecular formula is C22H47Br2N. The van der Waals surface area contributed by atoms with Crippen LogP contribution in [-0.4, -0.2) is 30.4 Å². The summed E-state index contributed by atoms with van der Waals surface area (Å²) >= 11 is 3.51. The third kappa shape index (κ3) is 21.1. The molecule has 1 unspecified atom stereocenters. The largest absolute Gasteiger partial charge is 0.306 e. The van der Waals surface area contributed by atoms with Gasteiger partial charge in [0, 0.05) is 11.4 Å². The van der Waals surface area contributed by atoms with Crippen LogP contribution in [0.1, 0.15) is 116 Å². The average molecular weight is 485 g/mol. The maximum absolute atomic E-state index is 3.51. The van der Waals surface area contributed by atoms with E-state index in [2.05, 4.69) is 41.8 Å². The molecule has 0 radical (unpaired) electrons. The van der Waals surface area contributed by atoms with Gasteiger partial charge in [-0.2, -0.15) is 0 Å². The van der Waals surface area contributed by atoms with Crippen LogP contribution in [0.5, 0.6) is 0 Å². The first-order valence-corrected chi connectivity index (χ1v) is 12.1. The Morgan fingerprint density at radius 1 is 0.600 bits per heavy atom. The fourth-order valence-electron chi connectivity index (χ4n) is 3.53. The van der Waals surface area contributed by atoms with Gasteiger partial charge in [0.05, 0.1) is 0 Å². The van der Waals surface area contributed by atoms with Gasteiger partial charge in [-0.15, -0.1) is 17.0 Å². The number of nitrogens with zero attached hydrogens (tertiary/aromatic N) is 1. The van der Waals surface area contributed by atoms with E-state index >= 15 is 0 Å². The highest BCUT2D eigenvalue weighted by molar-refractivity contribution is 9.09. The van der Waals surface area contributed by atoms with E-state index in [9.17, 15) is 0 Å². The molecule has 1 nitrogen and oxygen atoms in total. The third-order valence-corrected chi connectivity index (χ3v) is 5.85. The molecule has 0 aliphatic rings. The monoisotopic (exact) mass is 483 g/mol. The van der Waals surface area contributed by atoms with E-state index in [1.807, 2.05) is 0 Å². The van der Waals surface area contributed by atoms with Crippen molar-refractivity contribution in [2.45, 2.75) is 122 Å². The molecule has 0 aliphatic carbocycles. The lowest BCUT2D eigenvalue weighted by Crippen LogP contribution is -2.27. The molecule has 0 bridgehead atoms. The lowest BCUT2D eigenvalue weighted by Gasteiger charge is -2.24. The zero-order valence-corrected chi connectivity index (χ0v) is 20.8. The van der Waals surface area contributed by atoms with Crippen molar-refractivity contribution in [1.29, 1.82) is 0 Å². The second kappa shape index (κ2) is 23.0. The number of halogens is 2. The fourth-order valence-corrected chi connectivity index (χ4v) is 3.93. The van der Waals surface area contributed by atoms with Crippen LogP contribution < -0.4 is 0 Å². The van der Waals surface area contributed by atoms with Crippen LogP contribution >= 0.6 is 32.9 Å². The number of hydrogen-bond acceptors (Lipinski definition) is 1. The first-order valence-electron chi connectivity index (χ1n) is 10.9. The molecule has 0 aromatic carbocycles. The summed E-state index contributed by atoms with van der Waals surface area (Å²) in [6, 6.07) is 0.819. The van der Waals surface area contributed by atoms with E-state index in [1.54, 1.807) is 0 Å². The molecule has 0 fully saturated rings. The maximum Gasteiger partial charge on any atom is 0.00891 e. The normalized spacial score (nSPS) is 12.4. The van der Waals surface area contributed by atoms with E-state index in [0.29, 0.717) is 0 Å². The Bertz CT molecular complexity index is 234. The lowest BCUT2D eigenvalue weighted by atomic mass is 9.99. The summed E-state index contributed by atoms with van der Waals surface area (Å²) < 4.78 is 0. The van der Waals surface area contributed by atoms with E-state index in [1.165, 1.54) is 114 Å². The van der Waals surface area contributed by atoms with Gasteiger partial charge in [0.2, 0.25) is 0 Å². The Kier molecular flexibility index (Phi) is 25.8. The zero-order chi connectivity index (χ0) is 17.9. The first kappa shape index (κ1) is 28.1. The number of hydrogen-bond donors (Lipinski definition) is 0. The summed E-state index contributed by atoms with van der Waals surface area (Å²) in [5.74, 6) is 0. The van der Waals surface area contributed by atoms with Gasteiger partial charge in [-0.1, -0.05) is 113 Å². The smallest absolute Gasteiger partial charge is 0.00891 e. The van der Waals surface area contributed by atoms with Crippen molar-refractivity contribution in [3.63, 3.8) is 0 Å². The van der Waals surface area contributed by atoms with Crippen molar-refractivity contribution < 1.29 is 0 Å². The van der Waals surface area contributed by atoms with Crippen LogP contribution in [0, 0.1) is 0 Å². The Morgan fingerprint density at radius 3 is 1.32 bits per heavy atom. The molecule has 0 heterocycles. The van der Waals surface area contributed by atoms with Gasteiger partial charge in [0.1, 0.15) is 0 Å². The zero-order valence-electron chi connectivity index (χ0n) is 17.5. The van der Waals surface area contributed by atoms with Crippen molar-refractivity contribution in [3.05, 3.63) is 0 Å². The Labute approximate surface area is 179 Å². The summed E-state index contributed by atoms with van der Waals surface area (Å²) in [5.41, 5.74) is 0. The third-order valence-electron chi connectivity index (χ3n) is 5.29. The highest BCUT2D eigenvalue weighted by Crippen LogP contribution is 2.17. The first-order chi connectivity index (χ1) is 11.7. The summed E-state index contributed by atoms with van der Waals surface area (Å²) in [7, 11) is 4.55. The van der Waals surface area contributed by atoms with Crippen molar-refractivity contribution in [2.75, 3.05) is 19.4 Å². The Hall–Kier alpha value is 0.920. The molecular weight excluding hydrogens is 438 g/mol. The van der Waals surface area contributed by atoms with Crippen LogP contribution in [0.2, 0.25) is 0 Å². The second-order valence-corrected chi connectivity index (χ2v) is 8.63. The summed E-state index contributed by atoms with van der Waals surface area (Å²) in [6.45, 7) is 2.30. The number of rotatable bonds is 19. The molecule has 0 saturated heterocycles. The SMILES string of the molecule is Br.CCCCCCCCCC(CCCCCCCCCCBr)N(C)C. The molecule has 0 aromatic heterocycles. The van der Waals surface area contributed by atoms with Crippen molar-refractivity contribution in [2.24, 2.45) is 0 Å². The Balaban J connectivity index is 0. The number of alkyl halides is 1. The molecule has 1 atom stereocenters. The predicted octanol–water partition coefficient (Wildman–Crippen LogP) is 8.54. The molecule has 0 aliphatic heterocycles. The standard InChI is InChI=1S/C22H46BrN.BrH/c1-4-5-6-7-10-13-16-19-22(24(2)3)20-17-14-11-8-9-12-15-18-21-23;/h22H,4-21H2,1-3H3;1H. The summed E-state index contributed by atoms with van der Waals surface area (Å²) in [5, 5.41) is 1.18. The van der Waals surface area contributed by atoms with E-state index in [0.717, 1.165) is 6.04 Å². The van der Waals surface area contributed by atoms with Crippen LogP contribution in [-0.2, 0) is 0 Å². The molecule has 0 rings (SSSR count). The lowest BCUT2D eigenvalue weighted by molar-refractivity contribution is 0.251.